The lowest BCUT2D eigenvalue weighted by Crippen LogP contribution is -2.23. The van der Waals surface area contributed by atoms with Gasteiger partial charge in [-0.25, -0.2) is 0 Å². The number of aliphatic hydroxyl groups is 1. The van der Waals surface area contributed by atoms with Crippen molar-refractivity contribution >= 4 is 6.29 Å². The Hall–Kier alpha value is -0.370. The standard InChI is InChI=1S/C9H18O2/c1-7(8(11)6-10)5-9(2,3)4/h6-8,11H,5H2,1-4H3. The Morgan fingerprint density at radius 2 is 1.91 bits per heavy atom. The maximum absolute atomic E-state index is 10.2. The summed E-state index contributed by atoms with van der Waals surface area (Å²) >= 11 is 0. The van der Waals surface area contributed by atoms with Gasteiger partial charge >= 0.3 is 0 Å². The molecule has 0 heterocycles. The first kappa shape index (κ1) is 10.6. The average Bonchev–Trinajstić information content (AvgIpc) is 1.82. The van der Waals surface area contributed by atoms with Gasteiger partial charge in [0.2, 0.25) is 0 Å². The average molecular weight is 158 g/mol. The van der Waals surface area contributed by atoms with Crippen LogP contribution >= 0.6 is 0 Å². The van der Waals surface area contributed by atoms with Crippen LogP contribution in [0.25, 0.3) is 0 Å². The van der Waals surface area contributed by atoms with Crippen molar-refractivity contribution in [2.75, 3.05) is 0 Å². The summed E-state index contributed by atoms with van der Waals surface area (Å²) in [5, 5.41) is 9.12. The number of hydrogen-bond acceptors (Lipinski definition) is 2. The highest BCUT2D eigenvalue weighted by atomic mass is 16.3. The fourth-order valence-electron chi connectivity index (χ4n) is 1.22. The fraction of sp³-hybridized carbons (Fsp3) is 0.889. The van der Waals surface area contributed by atoms with Gasteiger partial charge in [-0.3, -0.25) is 0 Å². The summed E-state index contributed by atoms with van der Waals surface area (Å²) in [7, 11) is 0. The van der Waals surface area contributed by atoms with Crippen LogP contribution in [-0.2, 0) is 4.79 Å². The SMILES string of the molecule is CC(CC(C)(C)C)C(O)C=O. The van der Waals surface area contributed by atoms with E-state index in [1.807, 2.05) is 6.92 Å². The van der Waals surface area contributed by atoms with Crippen LogP contribution in [0, 0.1) is 11.3 Å². The zero-order valence-electron chi connectivity index (χ0n) is 7.79. The van der Waals surface area contributed by atoms with E-state index < -0.39 is 6.10 Å². The molecule has 0 aliphatic rings. The molecule has 0 amide bonds. The van der Waals surface area contributed by atoms with Crippen LogP contribution in [0.1, 0.15) is 34.1 Å². The lowest BCUT2D eigenvalue weighted by atomic mass is 9.83. The second kappa shape index (κ2) is 3.86. The lowest BCUT2D eigenvalue weighted by Gasteiger charge is -2.24. The predicted octanol–water partition coefficient (Wildman–Crippen LogP) is 1.62. The first-order valence-electron chi connectivity index (χ1n) is 4.00. The van der Waals surface area contributed by atoms with Gasteiger partial charge in [0.25, 0.3) is 0 Å². The van der Waals surface area contributed by atoms with Gasteiger partial charge in [-0.1, -0.05) is 27.7 Å². The molecule has 0 spiro atoms. The first-order chi connectivity index (χ1) is 4.87. The summed E-state index contributed by atoms with van der Waals surface area (Å²) in [5.74, 6) is 0.0625. The van der Waals surface area contributed by atoms with Gasteiger partial charge in [0.05, 0.1) is 0 Å². The maximum atomic E-state index is 10.2. The van der Waals surface area contributed by atoms with Crippen LogP contribution in [0.4, 0.5) is 0 Å². The second-order valence-corrected chi connectivity index (χ2v) is 4.37. The Balaban J connectivity index is 3.86. The number of carbonyl (C=O) groups is 1. The van der Waals surface area contributed by atoms with E-state index in [1.54, 1.807) is 0 Å². The quantitative estimate of drug-likeness (QED) is 0.634. The van der Waals surface area contributed by atoms with Crippen LogP contribution in [0.15, 0.2) is 0 Å². The molecule has 2 nitrogen and oxygen atoms in total. The molecule has 0 aromatic carbocycles. The summed E-state index contributed by atoms with van der Waals surface area (Å²) in [6.07, 6.45) is 0.678. The fourth-order valence-corrected chi connectivity index (χ4v) is 1.22. The van der Waals surface area contributed by atoms with E-state index in [-0.39, 0.29) is 11.3 Å². The Morgan fingerprint density at radius 1 is 1.45 bits per heavy atom. The Kier molecular flexibility index (Phi) is 3.73. The molecule has 2 heteroatoms. The summed E-state index contributed by atoms with van der Waals surface area (Å²) < 4.78 is 0. The third-order valence-corrected chi connectivity index (χ3v) is 1.66. The van der Waals surface area contributed by atoms with Crippen LogP contribution < -0.4 is 0 Å². The van der Waals surface area contributed by atoms with Crippen molar-refractivity contribution < 1.29 is 9.90 Å². The smallest absolute Gasteiger partial charge is 0.148 e. The summed E-state index contributed by atoms with van der Waals surface area (Å²) in [5.41, 5.74) is 0.184. The van der Waals surface area contributed by atoms with Gasteiger partial charge in [0.1, 0.15) is 12.4 Å². The molecule has 11 heavy (non-hydrogen) atoms. The van der Waals surface area contributed by atoms with E-state index in [0.29, 0.717) is 6.29 Å². The van der Waals surface area contributed by atoms with E-state index in [4.69, 9.17) is 5.11 Å². The highest BCUT2D eigenvalue weighted by Crippen LogP contribution is 2.25. The molecule has 2 unspecified atom stereocenters. The second-order valence-electron chi connectivity index (χ2n) is 4.37. The number of aldehydes is 1. The van der Waals surface area contributed by atoms with Crippen molar-refractivity contribution in [3.63, 3.8) is 0 Å². The molecule has 0 aromatic heterocycles. The van der Waals surface area contributed by atoms with Gasteiger partial charge in [-0.2, -0.15) is 0 Å². The van der Waals surface area contributed by atoms with E-state index in [2.05, 4.69) is 20.8 Å². The monoisotopic (exact) mass is 158 g/mol. The maximum Gasteiger partial charge on any atom is 0.148 e. The zero-order chi connectivity index (χ0) is 9.07. The van der Waals surface area contributed by atoms with Crippen molar-refractivity contribution in [3.8, 4) is 0 Å². The van der Waals surface area contributed by atoms with Crippen LogP contribution in [0.3, 0.4) is 0 Å². The van der Waals surface area contributed by atoms with E-state index in [9.17, 15) is 4.79 Å². The minimum atomic E-state index is -0.797. The van der Waals surface area contributed by atoms with Crippen LogP contribution in [0.5, 0.6) is 0 Å². The molecule has 0 bridgehead atoms. The van der Waals surface area contributed by atoms with E-state index in [0.717, 1.165) is 6.42 Å². The number of aliphatic hydroxyl groups excluding tert-OH is 1. The van der Waals surface area contributed by atoms with Gasteiger partial charge in [0, 0.05) is 0 Å². The molecule has 66 valence electrons. The highest BCUT2D eigenvalue weighted by molar-refractivity contribution is 5.55. The number of hydrogen-bond donors (Lipinski definition) is 1. The van der Waals surface area contributed by atoms with Gasteiger partial charge in [-0.15, -0.1) is 0 Å². The first-order valence-corrected chi connectivity index (χ1v) is 4.00. The molecule has 0 saturated heterocycles. The normalized spacial score (nSPS) is 17.5. The molecule has 0 aliphatic heterocycles. The molecule has 2 atom stereocenters. The van der Waals surface area contributed by atoms with Crippen molar-refractivity contribution in [2.24, 2.45) is 11.3 Å². The van der Waals surface area contributed by atoms with Gasteiger partial charge in [-0.05, 0) is 17.8 Å². The number of rotatable bonds is 3. The Bertz CT molecular complexity index is 124. The molecule has 1 N–H and O–H groups in total. The van der Waals surface area contributed by atoms with Crippen molar-refractivity contribution in [1.82, 2.24) is 0 Å². The van der Waals surface area contributed by atoms with Crippen molar-refractivity contribution in [1.29, 1.82) is 0 Å². The van der Waals surface area contributed by atoms with E-state index >= 15 is 0 Å². The van der Waals surface area contributed by atoms with Gasteiger partial charge in [0.15, 0.2) is 0 Å². The summed E-state index contributed by atoms with van der Waals surface area (Å²) in [6, 6.07) is 0. The van der Waals surface area contributed by atoms with Crippen LogP contribution in [-0.4, -0.2) is 17.5 Å². The summed E-state index contributed by atoms with van der Waals surface area (Å²) in [4.78, 5) is 10.2. The third kappa shape index (κ3) is 4.96. The minimum absolute atomic E-state index is 0.0625. The third-order valence-electron chi connectivity index (χ3n) is 1.66. The molecule has 0 fully saturated rings. The Morgan fingerprint density at radius 3 is 2.18 bits per heavy atom. The topological polar surface area (TPSA) is 37.3 Å². The minimum Gasteiger partial charge on any atom is -0.385 e. The summed E-state index contributed by atoms with van der Waals surface area (Å²) in [6.45, 7) is 8.19. The van der Waals surface area contributed by atoms with Crippen molar-refractivity contribution in [2.45, 2.75) is 40.2 Å². The predicted molar refractivity (Wildman–Crippen MR) is 45.3 cm³/mol. The Labute approximate surface area is 68.6 Å². The molecular weight excluding hydrogens is 140 g/mol. The van der Waals surface area contributed by atoms with E-state index in [1.165, 1.54) is 0 Å². The van der Waals surface area contributed by atoms with Crippen LogP contribution in [0.2, 0.25) is 0 Å². The molecule has 0 aliphatic carbocycles. The van der Waals surface area contributed by atoms with Crippen molar-refractivity contribution in [3.05, 3.63) is 0 Å². The highest BCUT2D eigenvalue weighted by Gasteiger charge is 2.20. The van der Waals surface area contributed by atoms with Gasteiger partial charge < -0.3 is 9.90 Å². The molecular formula is C9H18O2. The zero-order valence-corrected chi connectivity index (χ0v) is 7.79. The molecule has 0 rings (SSSR count). The lowest BCUT2D eigenvalue weighted by molar-refractivity contribution is -0.117. The largest absolute Gasteiger partial charge is 0.385 e. The molecule has 0 radical (unpaired) electrons. The molecule has 0 saturated carbocycles. The molecule has 0 aromatic rings. The number of carbonyl (C=O) groups excluding carboxylic acids is 1.